The van der Waals surface area contributed by atoms with E-state index in [2.05, 4.69) is 36.3 Å². The van der Waals surface area contributed by atoms with Crippen LogP contribution >= 0.6 is 0 Å². The number of hydrogen-bond donors (Lipinski definition) is 6. The van der Waals surface area contributed by atoms with Crippen molar-refractivity contribution >= 4 is 58.7 Å². The first-order chi connectivity index (χ1) is 36.5. The van der Waals surface area contributed by atoms with Gasteiger partial charge in [0.25, 0.3) is 11.8 Å². The molecule has 2 aromatic carbocycles. The van der Waals surface area contributed by atoms with Gasteiger partial charge in [-0.05, 0) is 92.1 Å². The van der Waals surface area contributed by atoms with Gasteiger partial charge in [0.2, 0.25) is 17.7 Å². The molecule has 1 aliphatic rings. The first-order valence-electron chi connectivity index (χ1n) is 25.1. The summed E-state index contributed by atoms with van der Waals surface area (Å²) in [7, 11) is 3.87. The van der Waals surface area contributed by atoms with Crippen molar-refractivity contribution < 1.29 is 38.3 Å². The molecule has 1 aliphatic heterocycles. The Morgan fingerprint density at radius 3 is 2.32 bits per heavy atom. The second kappa shape index (κ2) is 25.8. The van der Waals surface area contributed by atoms with Crippen LogP contribution in [0, 0.1) is 12.8 Å². The maximum Gasteiger partial charge on any atom is 0.410 e. The van der Waals surface area contributed by atoms with Crippen molar-refractivity contribution in [3.8, 4) is 22.6 Å². The molecule has 5 heterocycles. The Morgan fingerprint density at radius 2 is 1.59 bits per heavy atom. The van der Waals surface area contributed by atoms with Crippen LogP contribution in [0.5, 0.6) is 0 Å². The zero-order chi connectivity index (χ0) is 54.3. The number of unbranched alkanes of at least 4 members (excludes halogenated alkanes) is 2. The number of nitrogens with two attached hydrogens (primary N) is 1. The van der Waals surface area contributed by atoms with Gasteiger partial charge in [0.05, 0.1) is 30.2 Å². The minimum atomic E-state index is -1.07. The fourth-order valence-corrected chi connectivity index (χ4v) is 8.55. The molecule has 7 rings (SSSR count). The number of nitrogens with zero attached hydrogens (tertiary/aromatic N) is 8. The molecule has 6 aromatic rings. The number of aromatic amines is 1. The van der Waals surface area contributed by atoms with E-state index in [1.165, 1.54) is 18.5 Å². The van der Waals surface area contributed by atoms with Gasteiger partial charge in [0, 0.05) is 74.6 Å². The van der Waals surface area contributed by atoms with Gasteiger partial charge in [-0.3, -0.25) is 38.8 Å². The van der Waals surface area contributed by atoms with E-state index in [-0.39, 0.29) is 69.3 Å². The van der Waals surface area contributed by atoms with Crippen LogP contribution in [-0.4, -0.2) is 120 Å². The van der Waals surface area contributed by atoms with Crippen molar-refractivity contribution in [2.45, 2.75) is 91.1 Å². The van der Waals surface area contributed by atoms with Gasteiger partial charge in [-0.15, -0.1) is 0 Å². The van der Waals surface area contributed by atoms with Crippen LogP contribution in [0.15, 0.2) is 104 Å². The van der Waals surface area contributed by atoms with E-state index in [1.54, 1.807) is 47.5 Å². The van der Waals surface area contributed by atoms with Crippen molar-refractivity contribution in [2.24, 2.45) is 11.7 Å². The van der Waals surface area contributed by atoms with Crippen molar-refractivity contribution in [1.82, 2.24) is 55.3 Å². The van der Waals surface area contributed by atoms with E-state index >= 15 is 0 Å². The average molecular weight is 1040 g/mol. The Labute approximate surface area is 439 Å². The summed E-state index contributed by atoms with van der Waals surface area (Å²) in [6.07, 6.45) is 7.27. The quantitative estimate of drug-likeness (QED) is 0.0310. The zero-order valence-corrected chi connectivity index (χ0v) is 43.2. The number of amides is 8. The predicted molar refractivity (Wildman–Crippen MR) is 284 cm³/mol. The molecule has 0 fully saturated rings. The zero-order valence-electron chi connectivity index (χ0n) is 43.2. The number of hydrogen-bond acceptors (Lipinski definition) is 13. The predicted octanol–water partition coefficient (Wildman–Crippen LogP) is 5.39. The Morgan fingerprint density at radius 1 is 0.829 bits per heavy atom. The average Bonchev–Trinajstić information content (AvgIpc) is 4.14. The summed E-state index contributed by atoms with van der Waals surface area (Å²) in [4.78, 5) is 112. The van der Waals surface area contributed by atoms with Crippen LogP contribution in [0.2, 0.25) is 0 Å². The van der Waals surface area contributed by atoms with E-state index < -0.39 is 36.0 Å². The molecule has 2 atom stereocenters. The fraction of sp³-hybridized carbons (Fsp3) is 0.352. The van der Waals surface area contributed by atoms with Crippen molar-refractivity contribution in [2.75, 3.05) is 37.4 Å². The van der Waals surface area contributed by atoms with Crippen molar-refractivity contribution in [3.05, 3.63) is 126 Å². The Bertz CT molecular complexity index is 3060. The molecule has 0 aliphatic carbocycles. The van der Waals surface area contributed by atoms with Crippen LogP contribution in [0.25, 0.3) is 28.3 Å². The SMILES string of the molecule is Cc1cccc(-c2[nH]c(CN(Cc3ccccc3N(C)C)C(=O)OCc3ccc(NC(=O)[C@H](CCCNC(N)=O)NC(=O)C(NC(=O)CCCCCN4C(=O)C=CC4=O)C(C)C)cc3)nc2-c2ccc3ncnn3c2)n1. The van der Waals surface area contributed by atoms with Crippen molar-refractivity contribution in [3.63, 3.8) is 0 Å². The molecule has 0 saturated carbocycles. The highest BCUT2D eigenvalue weighted by Gasteiger charge is 2.30. The van der Waals surface area contributed by atoms with E-state index in [0.29, 0.717) is 65.5 Å². The lowest BCUT2D eigenvalue weighted by Gasteiger charge is -2.25. The lowest BCUT2D eigenvalue weighted by molar-refractivity contribution is -0.137. The number of rotatable bonds is 25. The number of imide groups is 1. The number of benzene rings is 2. The number of anilines is 2. The molecule has 7 N–H and O–H groups in total. The minimum absolute atomic E-state index is 0.0453. The highest BCUT2D eigenvalue weighted by Crippen LogP contribution is 2.31. The fourth-order valence-electron chi connectivity index (χ4n) is 8.55. The van der Waals surface area contributed by atoms with Crippen LogP contribution in [0.3, 0.4) is 0 Å². The molecule has 22 nitrogen and oxygen atoms in total. The van der Waals surface area contributed by atoms with Crippen LogP contribution < -0.4 is 31.9 Å². The number of nitrogens with one attached hydrogen (secondary N) is 5. The maximum absolute atomic E-state index is 14.3. The standard InChI is InChI=1S/C54H64N14O8/c1-34(2)48(64-45(69)18-7-6-10-28-67-46(70)25-26-47(67)71)52(73)61-41(16-12-27-56-53(55)74)51(72)60-39-22-19-36(20-23-39)32-76-54(75)66(29-37-14-8-9-17-42(37)65(4)5)31-43-62-49(38-21-24-44-57-33-58-68(44)30-38)50(63-43)40-15-11-13-35(3)59-40/h8-9,11,13-15,17,19-26,30,33-34,41,48H,6-7,10,12,16,18,27-29,31-32H2,1-5H3,(H,60,72)(H,61,73)(H,62,63)(H,64,69)(H3,55,56,74)/t41-,48?/m0/s1. The Kier molecular flexibility index (Phi) is 18.6. The molecular formula is C54H64N14O8. The minimum Gasteiger partial charge on any atom is -0.445 e. The third-order valence-electron chi connectivity index (χ3n) is 12.5. The summed E-state index contributed by atoms with van der Waals surface area (Å²) < 4.78 is 7.64. The first kappa shape index (κ1) is 54.8. The molecule has 0 bridgehead atoms. The summed E-state index contributed by atoms with van der Waals surface area (Å²) in [6.45, 7) is 5.98. The van der Waals surface area contributed by atoms with Crippen molar-refractivity contribution in [1.29, 1.82) is 0 Å². The van der Waals surface area contributed by atoms with E-state index in [1.807, 2.05) is 86.7 Å². The van der Waals surface area contributed by atoms with Crippen LogP contribution in [0.4, 0.5) is 21.0 Å². The molecule has 1 unspecified atom stereocenters. The van der Waals surface area contributed by atoms with E-state index in [9.17, 15) is 33.6 Å². The summed E-state index contributed by atoms with van der Waals surface area (Å²) in [5.41, 5.74) is 12.3. The van der Waals surface area contributed by atoms with Gasteiger partial charge in [0.1, 0.15) is 30.8 Å². The molecule has 0 saturated heterocycles. The molecule has 0 radical (unpaired) electrons. The number of ether oxygens (including phenoxy) is 1. The van der Waals surface area contributed by atoms with Gasteiger partial charge in [-0.2, -0.15) is 5.10 Å². The van der Waals surface area contributed by atoms with Gasteiger partial charge in [0.15, 0.2) is 5.65 Å². The number of carbonyl (C=O) groups excluding carboxylic acids is 7. The van der Waals surface area contributed by atoms with Gasteiger partial charge < -0.3 is 41.6 Å². The third kappa shape index (κ3) is 14.9. The lowest BCUT2D eigenvalue weighted by Crippen LogP contribution is -2.54. The molecule has 76 heavy (non-hydrogen) atoms. The highest BCUT2D eigenvalue weighted by molar-refractivity contribution is 6.12. The number of aryl methyl sites for hydroxylation is 1. The number of imidazole rings is 1. The smallest absolute Gasteiger partial charge is 0.410 e. The lowest BCUT2D eigenvalue weighted by atomic mass is 10.0. The topological polar surface area (TPSA) is 284 Å². The van der Waals surface area contributed by atoms with Crippen LogP contribution in [-0.2, 0) is 48.4 Å². The number of fused-ring (bicyclic) bond motifs is 1. The number of aromatic nitrogens is 6. The second-order valence-electron chi connectivity index (χ2n) is 18.9. The summed E-state index contributed by atoms with van der Waals surface area (Å²) in [6, 6.07) is 21.2. The van der Waals surface area contributed by atoms with E-state index in [4.69, 9.17) is 20.4 Å². The number of pyridine rings is 2. The molecular weight excluding hydrogens is 973 g/mol. The maximum atomic E-state index is 14.3. The number of carbonyl (C=O) groups is 7. The van der Waals surface area contributed by atoms with Gasteiger partial charge in [-0.25, -0.2) is 24.1 Å². The van der Waals surface area contributed by atoms with E-state index in [0.717, 1.165) is 27.4 Å². The van der Waals surface area contributed by atoms with Gasteiger partial charge >= 0.3 is 12.1 Å². The molecule has 398 valence electrons. The summed E-state index contributed by atoms with van der Waals surface area (Å²) >= 11 is 0. The molecule has 8 amide bonds. The second-order valence-corrected chi connectivity index (χ2v) is 18.9. The van der Waals surface area contributed by atoms with Crippen LogP contribution in [0.1, 0.15) is 75.0 Å². The number of primary amides is 1. The highest BCUT2D eigenvalue weighted by atomic mass is 16.6. The first-order valence-corrected chi connectivity index (χ1v) is 25.1. The number of urea groups is 1. The molecule has 4 aromatic heterocycles. The summed E-state index contributed by atoms with van der Waals surface area (Å²) in [5.74, 6) is -2.04. The summed E-state index contributed by atoms with van der Waals surface area (Å²) in [5, 5.41) is 15.2. The number of para-hydroxylation sites is 1. The molecule has 0 spiro atoms. The Hall–Kier alpha value is -8.95. The molecule has 22 heteroatoms. The third-order valence-corrected chi connectivity index (χ3v) is 12.5. The normalized spacial score (nSPS) is 12.9. The number of H-pyrrole nitrogens is 1. The largest absolute Gasteiger partial charge is 0.445 e. The van der Waals surface area contributed by atoms with Gasteiger partial charge in [-0.1, -0.05) is 56.7 Å². The monoisotopic (exact) mass is 1040 g/mol. The Balaban J connectivity index is 1.01.